The topological polar surface area (TPSA) is 53.9 Å². The molecule has 0 saturated carbocycles. The van der Waals surface area contributed by atoms with E-state index in [4.69, 9.17) is 0 Å². The summed E-state index contributed by atoms with van der Waals surface area (Å²) in [6, 6.07) is 8.46. The van der Waals surface area contributed by atoms with Crippen LogP contribution >= 0.6 is 0 Å². The third-order valence-corrected chi connectivity index (χ3v) is 4.34. The highest BCUT2D eigenvalue weighted by atomic mass is 15.3. The first-order valence-corrected chi connectivity index (χ1v) is 8.43. The van der Waals surface area contributed by atoms with Gasteiger partial charge in [0.25, 0.3) is 0 Å². The molecule has 1 aromatic carbocycles. The number of nitrogens with zero attached hydrogens (tertiary/aromatic N) is 4. The van der Waals surface area contributed by atoms with Crippen molar-refractivity contribution in [3.8, 4) is 0 Å². The second-order valence-corrected chi connectivity index (χ2v) is 6.74. The van der Waals surface area contributed by atoms with Crippen LogP contribution in [0.15, 0.2) is 30.5 Å². The number of piperidine rings is 1. The molecule has 1 aliphatic heterocycles. The van der Waals surface area contributed by atoms with Gasteiger partial charge in [0.05, 0.1) is 6.20 Å². The molecule has 1 aromatic heterocycles. The summed E-state index contributed by atoms with van der Waals surface area (Å²) in [6.07, 6.45) is 4.15. The van der Waals surface area contributed by atoms with E-state index < -0.39 is 0 Å². The van der Waals surface area contributed by atoms with Gasteiger partial charge in [-0.15, -0.1) is 5.10 Å². The van der Waals surface area contributed by atoms with Crippen molar-refractivity contribution < 1.29 is 0 Å². The van der Waals surface area contributed by atoms with Crippen molar-refractivity contribution in [1.29, 1.82) is 0 Å². The third kappa shape index (κ3) is 3.97. The highest BCUT2D eigenvalue weighted by molar-refractivity contribution is 5.56. The average Bonchev–Trinajstić information content (AvgIpc) is 2.56. The molecule has 0 spiro atoms. The fraction of sp³-hybridized carbons (Fsp3) is 0.500. The second-order valence-electron chi connectivity index (χ2n) is 6.74. The number of benzene rings is 1. The third-order valence-electron chi connectivity index (χ3n) is 4.34. The highest BCUT2D eigenvalue weighted by Crippen LogP contribution is 2.22. The maximum absolute atomic E-state index is 4.62. The van der Waals surface area contributed by atoms with Gasteiger partial charge < -0.3 is 10.2 Å². The number of anilines is 3. The van der Waals surface area contributed by atoms with E-state index in [9.17, 15) is 0 Å². The molecule has 3 rings (SSSR count). The molecule has 1 fully saturated rings. The first-order chi connectivity index (χ1) is 11.1. The first-order valence-electron chi connectivity index (χ1n) is 8.43. The molecule has 0 bridgehead atoms. The Bertz CT molecular complexity index is 638. The number of hydrogen-bond acceptors (Lipinski definition) is 5. The second kappa shape index (κ2) is 6.94. The summed E-state index contributed by atoms with van der Waals surface area (Å²) in [5.74, 6) is 2.69. The Labute approximate surface area is 138 Å². The smallest absolute Gasteiger partial charge is 0.247 e. The van der Waals surface area contributed by atoms with Gasteiger partial charge in [0.2, 0.25) is 5.95 Å². The zero-order valence-corrected chi connectivity index (χ0v) is 14.2. The molecule has 0 amide bonds. The standard InChI is InChI=1S/C18H25N5/c1-13(2)15-6-8-16(9-7-15)20-17-11-19-22-18(21-17)23-10-4-5-14(3)12-23/h6-9,11,13-14H,4-5,10,12H2,1-3H3,(H,20,21,22). The quantitative estimate of drug-likeness (QED) is 0.925. The number of nitrogens with one attached hydrogen (secondary N) is 1. The largest absolute Gasteiger partial charge is 0.339 e. The number of aromatic nitrogens is 3. The van der Waals surface area contributed by atoms with Crippen LogP contribution in [0.4, 0.5) is 17.5 Å². The normalized spacial score (nSPS) is 18.3. The van der Waals surface area contributed by atoms with Crippen molar-refractivity contribution in [2.45, 2.75) is 39.5 Å². The lowest BCUT2D eigenvalue weighted by atomic mass is 10.0. The van der Waals surface area contributed by atoms with E-state index in [0.29, 0.717) is 11.8 Å². The Morgan fingerprint density at radius 1 is 1.22 bits per heavy atom. The molecule has 1 aliphatic rings. The van der Waals surface area contributed by atoms with E-state index in [0.717, 1.165) is 30.5 Å². The first kappa shape index (κ1) is 15.7. The minimum atomic E-state index is 0.539. The fourth-order valence-electron chi connectivity index (χ4n) is 2.96. The van der Waals surface area contributed by atoms with Crippen LogP contribution in [0.2, 0.25) is 0 Å². The van der Waals surface area contributed by atoms with E-state index in [1.54, 1.807) is 6.20 Å². The van der Waals surface area contributed by atoms with E-state index >= 15 is 0 Å². The Morgan fingerprint density at radius 3 is 2.70 bits per heavy atom. The molecule has 5 heteroatoms. The monoisotopic (exact) mass is 311 g/mol. The van der Waals surface area contributed by atoms with E-state index in [2.05, 4.69) is 70.4 Å². The molecule has 1 atom stereocenters. The molecular formula is C18H25N5. The summed E-state index contributed by atoms with van der Waals surface area (Å²) >= 11 is 0. The molecule has 1 N–H and O–H groups in total. The van der Waals surface area contributed by atoms with Gasteiger partial charge in [-0.1, -0.05) is 32.9 Å². The van der Waals surface area contributed by atoms with E-state index in [-0.39, 0.29) is 0 Å². The van der Waals surface area contributed by atoms with Crippen LogP contribution < -0.4 is 10.2 Å². The summed E-state index contributed by atoms with van der Waals surface area (Å²) in [7, 11) is 0. The molecular weight excluding hydrogens is 286 g/mol. The Hall–Kier alpha value is -2.17. The minimum Gasteiger partial charge on any atom is -0.339 e. The van der Waals surface area contributed by atoms with Crippen LogP contribution in [-0.4, -0.2) is 28.3 Å². The molecule has 0 aliphatic carbocycles. The van der Waals surface area contributed by atoms with Gasteiger partial charge in [-0.2, -0.15) is 10.1 Å². The number of rotatable bonds is 4. The minimum absolute atomic E-state index is 0.539. The van der Waals surface area contributed by atoms with Crippen molar-refractivity contribution >= 4 is 17.5 Å². The average molecular weight is 311 g/mol. The SMILES string of the molecule is CC1CCCN(c2nncc(Nc3ccc(C(C)C)cc3)n2)C1. The van der Waals surface area contributed by atoms with Crippen molar-refractivity contribution in [1.82, 2.24) is 15.2 Å². The van der Waals surface area contributed by atoms with Gasteiger partial charge in [-0.25, -0.2) is 0 Å². The summed E-state index contributed by atoms with van der Waals surface area (Å²) in [6.45, 7) is 8.69. The fourth-order valence-corrected chi connectivity index (χ4v) is 2.96. The van der Waals surface area contributed by atoms with Crippen LogP contribution in [-0.2, 0) is 0 Å². The Balaban J connectivity index is 1.72. The van der Waals surface area contributed by atoms with Crippen LogP contribution in [0, 0.1) is 5.92 Å². The summed E-state index contributed by atoms with van der Waals surface area (Å²) < 4.78 is 0. The lowest BCUT2D eigenvalue weighted by Gasteiger charge is -2.30. The Kier molecular flexibility index (Phi) is 4.74. The van der Waals surface area contributed by atoms with Crippen molar-refractivity contribution in [3.63, 3.8) is 0 Å². The molecule has 0 radical (unpaired) electrons. The lowest BCUT2D eigenvalue weighted by Crippen LogP contribution is -2.35. The molecule has 23 heavy (non-hydrogen) atoms. The predicted octanol–water partition coefficient (Wildman–Crippen LogP) is 3.97. The van der Waals surface area contributed by atoms with Gasteiger partial charge >= 0.3 is 0 Å². The Morgan fingerprint density at radius 2 is 2.00 bits per heavy atom. The van der Waals surface area contributed by atoms with Crippen LogP contribution in [0.25, 0.3) is 0 Å². The molecule has 2 heterocycles. The van der Waals surface area contributed by atoms with Crippen LogP contribution in [0.5, 0.6) is 0 Å². The van der Waals surface area contributed by atoms with Crippen molar-refractivity contribution in [3.05, 3.63) is 36.0 Å². The van der Waals surface area contributed by atoms with Crippen LogP contribution in [0.3, 0.4) is 0 Å². The van der Waals surface area contributed by atoms with Crippen molar-refractivity contribution in [2.24, 2.45) is 5.92 Å². The molecule has 2 aromatic rings. The van der Waals surface area contributed by atoms with Gasteiger partial charge in [-0.3, -0.25) is 0 Å². The zero-order chi connectivity index (χ0) is 16.2. The maximum atomic E-state index is 4.62. The van der Waals surface area contributed by atoms with Gasteiger partial charge in [-0.05, 0) is 42.4 Å². The van der Waals surface area contributed by atoms with Gasteiger partial charge in [0.1, 0.15) is 0 Å². The van der Waals surface area contributed by atoms with E-state index in [1.807, 2.05) is 0 Å². The zero-order valence-electron chi connectivity index (χ0n) is 14.2. The summed E-state index contributed by atoms with van der Waals surface area (Å²) in [4.78, 5) is 6.86. The molecule has 1 unspecified atom stereocenters. The maximum Gasteiger partial charge on any atom is 0.247 e. The lowest BCUT2D eigenvalue weighted by molar-refractivity contribution is 0.441. The van der Waals surface area contributed by atoms with Gasteiger partial charge in [0, 0.05) is 18.8 Å². The summed E-state index contributed by atoms with van der Waals surface area (Å²) in [5, 5.41) is 11.6. The van der Waals surface area contributed by atoms with Gasteiger partial charge in [0.15, 0.2) is 5.82 Å². The summed E-state index contributed by atoms with van der Waals surface area (Å²) in [5.41, 5.74) is 2.35. The molecule has 1 saturated heterocycles. The number of hydrogen-bond donors (Lipinski definition) is 1. The highest BCUT2D eigenvalue weighted by Gasteiger charge is 2.19. The predicted molar refractivity (Wildman–Crippen MR) is 94.3 cm³/mol. The van der Waals surface area contributed by atoms with Crippen molar-refractivity contribution in [2.75, 3.05) is 23.3 Å². The van der Waals surface area contributed by atoms with Crippen LogP contribution in [0.1, 0.15) is 45.1 Å². The molecule has 122 valence electrons. The van der Waals surface area contributed by atoms with E-state index in [1.165, 1.54) is 18.4 Å². The molecule has 5 nitrogen and oxygen atoms in total.